The largest absolute Gasteiger partial charge is 0.391 e. The van der Waals surface area contributed by atoms with E-state index in [1.165, 1.54) is 12.1 Å². The van der Waals surface area contributed by atoms with E-state index < -0.39 is 26.8 Å². The van der Waals surface area contributed by atoms with Crippen molar-refractivity contribution in [3.05, 3.63) is 29.0 Å². The van der Waals surface area contributed by atoms with Gasteiger partial charge in [-0.15, -0.1) is 0 Å². The Morgan fingerprint density at radius 1 is 1.47 bits per heavy atom. The fourth-order valence-corrected chi connectivity index (χ4v) is 2.82. The summed E-state index contributed by atoms with van der Waals surface area (Å²) in [5.74, 6) is -1.04. The lowest BCUT2D eigenvalue weighted by Crippen LogP contribution is -2.35. The van der Waals surface area contributed by atoms with Crippen molar-refractivity contribution in [2.45, 2.75) is 31.3 Å². The zero-order valence-electron chi connectivity index (χ0n) is 10.7. The summed E-state index contributed by atoms with van der Waals surface area (Å²) in [6.45, 7) is 3.53. The molecule has 0 aliphatic rings. The first-order valence-electron chi connectivity index (χ1n) is 5.91. The Bertz CT molecular complexity index is 536. The van der Waals surface area contributed by atoms with Gasteiger partial charge in [-0.25, -0.2) is 17.5 Å². The molecule has 0 amide bonds. The number of benzene rings is 1. The fourth-order valence-electron chi connectivity index (χ4n) is 1.44. The van der Waals surface area contributed by atoms with Crippen LogP contribution in [-0.2, 0) is 10.0 Å². The van der Waals surface area contributed by atoms with Crippen LogP contribution in [0.15, 0.2) is 23.1 Å². The number of aliphatic hydroxyl groups is 1. The van der Waals surface area contributed by atoms with Crippen LogP contribution in [0.25, 0.3) is 0 Å². The molecule has 19 heavy (non-hydrogen) atoms. The Balaban J connectivity index is 2.85. The van der Waals surface area contributed by atoms with Gasteiger partial charge in [0.05, 0.1) is 11.1 Å². The standard InChI is InChI=1S/C12H17ClFNO3S/c1-3-8(2)10(16)7-15-19(17,18)11-6-4-5-9(13)12(11)14/h4-6,8,10,15-16H,3,7H2,1-2H3. The highest BCUT2D eigenvalue weighted by atomic mass is 35.5. The lowest BCUT2D eigenvalue weighted by Gasteiger charge is -2.17. The molecular weight excluding hydrogens is 293 g/mol. The molecule has 0 saturated heterocycles. The molecule has 2 atom stereocenters. The Kier molecular flexibility index (Phi) is 5.73. The number of aliphatic hydroxyl groups excluding tert-OH is 1. The second-order valence-corrected chi connectivity index (χ2v) is 6.50. The van der Waals surface area contributed by atoms with Crippen molar-refractivity contribution >= 4 is 21.6 Å². The molecule has 7 heteroatoms. The van der Waals surface area contributed by atoms with E-state index in [0.717, 1.165) is 6.07 Å². The highest BCUT2D eigenvalue weighted by Gasteiger charge is 2.22. The van der Waals surface area contributed by atoms with Crippen molar-refractivity contribution in [2.24, 2.45) is 5.92 Å². The Hall–Kier alpha value is -0.690. The van der Waals surface area contributed by atoms with Crippen LogP contribution in [0, 0.1) is 11.7 Å². The third kappa shape index (κ3) is 4.14. The van der Waals surface area contributed by atoms with Gasteiger partial charge in [-0.1, -0.05) is 37.9 Å². The van der Waals surface area contributed by atoms with E-state index in [-0.39, 0.29) is 17.5 Å². The normalized spacial score (nSPS) is 15.2. The third-order valence-corrected chi connectivity index (χ3v) is 4.72. The molecule has 1 rings (SSSR count). The van der Waals surface area contributed by atoms with Gasteiger partial charge < -0.3 is 5.11 Å². The fraction of sp³-hybridized carbons (Fsp3) is 0.500. The molecule has 0 aliphatic carbocycles. The maximum Gasteiger partial charge on any atom is 0.243 e. The molecule has 0 saturated carbocycles. The molecule has 0 heterocycles. The van der Waals surface area contributed by atoms with Crippen LogP contribution in [0.4, 0.5) is 4.39 Å². The molecular formula is C12H17ClFNO3S. The third-order valence-electron chi connectivity index (χ3n) is 2.99. The van der Waals surface area contributed by atoms with Crippen LogP contribution in [0.3, 0.4) is 0 Å². The highest BCUT2D eigenvalue weighted by molar-refractivity contribution is 7.89. The molecule has 0 fully saturated rings. The van der Waals surface area contributed by atoms with Crippen LogP contribution in [0.5, 0.6) is 0 Å². The van der Waals surface area contributed by atoms with Gasteiger partial charge in [0.1, 0.15) is 4.90 Å². The molecule has 0 spiro atoms. The summed E-state index contributed by atoms with van der Waals surface area (Å²) in [6, 6.07) is 3.74. The van der Waals surface area contributed by atoms with Crippen LogP contribution >= 0.6 is 11.6 Å². The molecule has 0 radical (unpaired) electrons. The van der Waals surface area contributed by atoms with Gasteiger partial charge in [-0.2, -0.15) is 0 Å². The number of hydrogen-bond donors (Lipinski definition) is 2. The van der Waals surface area contributed by atoms with Crippen LogP contribution in [0.2, 0.25) is 5.02 Å². The Morgan fingerprint density at radius 3 is 2.68 bits per heavy atom. The van der Waals surface area contributed by atoms with E-state index in [1.54, 1.807) is 6.92 Å². The van der Waals surface area contributed by atoms with Crippen molar-refractivity contribution in [3.8, 4) is 0 Å². The van der Waals surface area contributed by atoms with Gasteiger partial charge >= 0.3 is 0 Å². The van der Waals surface area contributed by atoms with Crippen molar-refractivity contribution in [3.63, 3.8) is 0 Å². The number of hydrogen-bond acceptors (Lipinski definition) is 3. The van der Waals surface area contributed by atoms with E-state index in [2.05, 4.69) is 4.72 Å². The highest BCUT2D eigenvalue weighted by Crippen LogP contribution is 2.21. The average molecular weight is 310 g/mol. The van der Waals surface area contributed by atoms with Gasteiger partial charge in [0.2, 0.25) is 10.0 Å². The second kappa shape index (κ2) is 6.65. The second-order valence-electron chi connectivity index (χ2n) is 4.36. The summed E-state index contributed by atoms with van der Waals surface area (Å²) in [6.07, 6.45) is -0.101. The molecule has 4 nitrogen and oxygen atoms in total. The SMILES string of the molecule is CCC(C)C(O)CNS(=O)(=O)c1cccc(Cl)c1F. The zero-order chi connectivity index (χ0) is 14.6. The smallest absolute Gasteiger partial charge is 0.243 e. The lowest BCUT2D eigenvalue weighted by atomic mass is 10.0. The van der Waals surface area contributed by atoms with Gasteiger partial charge in [-0.3, -0.25) is 0 Å². The van der Waals surface area contributed by atoms with Crippen LogP contribution < -0.4 is 4.72 Å². The molecule has 2 unspecified atom stereocenters. The minimum atomic E-state index is -4.02. The van der Waals surface area contributed by atoms with E-state index in [4.69, 9.17) is 11.6 Å². The zero-order valence-corrected chi connectivity index (χ0v) is 12.3. The summed E-state index contributed by atoms with van der Waals surface area (Å²) >= 11 is 5.54. The average Bonchev–Trinajstić information content (AvgIpc) is 2.38. The van der Waals surface area contributed by atoms with E-state index in [1.807, 2.05) is 6.92 Å². The van der Waals surface area contributed by atoms with Gasteiger partial charge in [0.25, 0.3) is 0 Å². The lowest BCUT2D eigenvalue weighted by molar-refractivity contribution is 0.118. The number of nitrogens with one attached hydrogen (secondary N) is 1. The molecule has 2 N–H and O–H groups in total. The summed E-state index contributed by atoms with van der Waals surface area (Å²) in [4.78, 5) is -0.517. The first-order valence-corrected chi connectivity index (χ1v) is 7.77. The summed E-state index contributed by atoms with van der Waals surface area (Å²) in [7, 11) is -4.02. The summed E-state index contributed by atoms with van der Waals surface area (Å²) in [5.41, 5.74) is 0. The molecule has 0 aliphatic heterocycles. The van der Waals surface area contributed by atoms with Crippen molar-refractivity contribution in [1.29, 1.82) is 0 Å². The summed E-state index contributed by atoms with van der Waals surface area (Å²) in [5, 5.41) is 9.45. The van der Waals surface area contributed by atoms with Crippen LogP contribution in [-0.4, -0.2) is 26.2 Å². The first kappa shape index (κ1) is 16.4. The first-order chi connectivity index (χ1) is 8.79. The number of rotatable bonds is 6. The van der Waals surface area contributed by atoms with Crippen LogP contribution in [0.1, 0.15) is 20.3 Å². The van der Waals surface area contributed by atoms with E-state index in [0.29, 0.717) is 6.42 Å². The van der Waals surface area contributed by atoms with Crippen molar-refractivity contribution in [1.82, 2.24) is 4.72 Å². The molecule has 1 aromatic rings. The van der Waals surface area contributed by atoms with E-state index >= 15 is 0 Å². The molecule has 0 bridgehead atoms. The van der Waals surface area contributed by atoms with Crippen molar-refractivity contribution in [2.75, 3.05) is 6.54 Å². The predicted molar refractivity (Wildman–Crippen MR) is 72.1 cm³/mol. The summed E-state index contributed by atoms with van der Waals surface area (Å²) < 4.78 is 39.6. The minimum absolute atomic E-state index is 0.0492. The topological polar surface area (TPSA) is 66.4 Å². The molecule has 1 aromatic carbocycles. The van der Waals surface area contributed by atoms with E-state index in [9.17, 15) is 17.9 Å². The maximum atomic E-state index is 13.6. The quantitative estimate of drug-likeness (QED) is 0.846. The minimum Gasteiger partial charge on any atom is -0.391 e. The molecule has 0 aromatic heterocycles. The Labute approximate surface area is 117 Å². The van der Waals surface area contributed by atoms with Gasteiger partial charge in [0.15, 0.2) is 5.82 Å². The van der Waals surface area contributed by atoms with Crippen molar-refractivity contribution < 1.29 is 17.9 Å². The number of halogens is 2. The monoisotopic (exact) mass is 309 g/mol. The predicted octanol–water partition coefficient (Wildman–Crippen LogP) is 2.16. The maximum absolute atomic E-state index is 13.6. The van der Waals surface area contributed by atoms with Gasteiger partial charge in [-0.05, 0) is 18.1 Å². The molecule has 108 valence electrons. The van der Waals surface area contributed by atoms with Gasteiger partial charge in [0, 0.05) is 6.54 Å². The Morgan fingerprint density at radius 2 is 2.11 bits per heavy atom. The number of sulfonamides is 1.